The van der Waals surface area contributed by atoms with Crippen molar-refractivity contribution in [2.24, 2.45) is 5.73 Å². The monoisotopic (exact) mass is 279 g/mol. The zero-order valence-corrected chi connectivity index (χ0v) is 9.08. The van der Waals surface area contributed by atoms with Crippen LogP contribution < -0.4 is 5.73 Å². The molecule has 2 rings (SSSR count). The number of benzene rings is 1. The van der Waals surface area contributed by atoms with Gasteiger partial charge in [-0.05, 0) is 12.1 Å². The molecule has 1 aromatic heterocycles. The first-order chi connectivity index (χ1) is 8.71. The van der Waals surface area contributed by atoms with E-state index >= 15 is 0 Å². The second-order valence-corrected chi connectivity index (χ2v) is 3.68. The lowest BCUT2D eigenvalue weighted by Crippen LogP contribution is -2.14. The third-order valence-electron chi connectivity index (χ3n) is 2.48. The average molecular weight is 279 g/mol. The van der Waals surface area contributed by atoms with Crippen molar-refractivity contribution in [1.29, 1.82) is 0 Å². The maximum Gasteiger partial charge on any atom is 0.416 e. The van der Waals surface area contributed by atoms with Crippen LogP contribution >= 0.6 is 0 Å². The maximum atomic E-state index is 12.6. The van der Waals surface area contributed by atoms with Crippen LogP contribution in [0.25, 0.3) is 11.0 Å². The molecule has 0 aliphatic heterocycles. The standard InChI is InChI=1S/C10H6F5N3O/c11-9(12)18-3-17-7-5(8(16)19)1-4(2-6(7)18)10(13,14)15/h1-3,9H,(H2,16,19). The fraction of sp³-hybridized carbons (Fsp3) is 0.200. The van der Waals surface area contributed by atoms with Gasteiger partial charge in [-0.3, -0.25) is 9.36 Å². The van der Waals surface area contributed by atoms with E-state index in [4.69, 9.17) is 5.73 Å². The molecule has 0 aliphatic carbocycles. The van der Waals surface area contributed by atoms with Gasteiger partial charge in [0, 0.05) is 0 Å². The normalized spacial score (nSPS) is 12.3. The van der Waals surface area contributed by atoms with Gasteiger partial charge in [-0.15, -0.1) is 0 Å². The Morgan fingerprint density at radius 2 is 1.95 bits per heavy atom. The van der Waals surface area contributed by atoms with Crippen molar-refractivity contribution in [3.8, 4) is 0 Å². The summed E-state index contributed by atoms with van der Waals surface area (Å²) in [6.45, 7) is -3.07. The molecule has 0 atom stereocenters. The highest BCUT2D eigenvalue weighted by molar-refractivity contribution is 6.04. The number of nitrogens with two attached hydrogens (primary N) is 1. The first-order valence-electron chi connectivity index (χ1n) is 4.87. The summed E-state index contributed by atoms with van der Waals surface area (Å²) >= 11 is 0. The molecule has 0 saturated heterocycles. The van der Waals surface area contributed by atoms with Crippen molar-refractivity contribution in [1.82, 2.24) is 9.55 Å². The Labute approximate surface area is 102 Å². The lowest BCUT2D eigenvalue weighted by Gasteiger charge is -2.10. The predicted molar refractivity (Wildman–Crippen MR) is 54.5 cm³/mol. The molecule has 0 fully saturated rings. The predicted octanol–water partition coefficient (Wildman–Crippen LogP) is 2.55. The van der Waals surface area contributed by atoms with E-state index in [9.17, 15) is 26.7 Å². The van der Waals surface area contributed by atoms with E-state index in [0.717, 1.165) is 0 Å². The largest absolute Gasteiger partial charge is 0.416 e. The molecule has 0 radical (unpaired) electrons. The summed E-state index contributed by atoms with van der Waals surface area (Å²) in [6, 6.07) is 0.994. The van der Waals surface area contributed by atoms with Crippen molar-refractivity contribution in [3.05, 3.63) is 29.6 Å². The van der Waals surface area contributed by atoms with Crippen LogP contribution in [-0.2, 0) is 6.18 Å². The highest BCUT2D eigenvalue weighted by atomic mass is 19.4. The van der Waals surface area contributed by atoms with Gasteiger partial charge in [-0.1, -0.05) is 0 Å². The van der Waals surface area contributed by atoms with E-state index in [1.807, 2.05) is 0 Å². The lowest BCUT2D eigenvalue weighted by atomic mass is 10.1. The molecule has 102 valence electrons. The lowest BCUT2D eigenvalue weighted by molar-refractivity contribution is -0.137. The van der Waals surface area contributed by atoms with E-state index in [0.29, 0.717) is 18.5 Å². The Morgan fingerprint density at radius 3 is 2.42 bits per heavy atom. The zero-order chi connectivity index (χ0) is 14.4. The van der Waals surface area contributed by atoms with E-state index in [1.165, 1.54) is 0 Å². The Hall–Kier alpha value is -2.19. The third kappa shape index (κ3) is 2.23. The molecule has 9 heteroatoms. The summed E-state index contributed by atoms with van der Waals surface area (Å²) in [7, 11) is 0. The Kier molecular flexibility index (Phi) is 2.91. The number of hydrogen-bond donors (Lipinski definition) is 1. The van der Waals surface area contributed by atoms with Gasteiger partial charge in [0.2, 0.25) is 0 Å². The minimum atomic E-state index is -4.78. The minimum absolute atomic E-state index is 0.233. The van der Waals surface area contributed by atoms with Crippen LogP contribution in [0, 0.1) is 0 Å². The number of hydrogen-bond acceptors (Lipinski definition) is 2. The molecule has 2 aromatic rings. The number of nitrogens with zero attached hydrogens (tertiary/aromatic N) is 2. The third-order valence-corrected chi connectivity index (χ3v) is 2.48. The summed E-state index contributed by atoms with van der Waals surface area (Å²) in [4.78, 5) is 14.6. The summed E-state index contributed by atoms with van der Waals surface area (Å²) < 4.78 is 63.4. The molecular formula is C10H6F5N3O. The van der Waals surface area contributed by atoms with Gasteiger partial charge in [0.25, 0.3) is 5.91 Å². The molecule has 2 N–H and O–H groups in total. The number of alkyl halides is 5. The summed E-state index contributed by atoms with van der Waals surface area (Å²) in [5.41, 5.74) is 2.35. The van der Waals surface area contributed by atoms with Gasteiger partial charge in [0.05, 0.1) is 16.6 Å². The van der Waals surface area contributed by atoms with Gasteiger partial charge in [0.15, 0.2) is 0 Å². The number of fused-ring (bicyclic) bond motifs is 1. The number of imidazole rings is 1. The summed E-state index contributed by atoms with van der Waals surface area (Å²) in [6.07, 6.45) is -4.13. The SMILES string of the molecule is NC(=O)c1cc(C(F)(F)F)cc2c1ncn2C(F)F. The van der Waals surface area contributed by atoms with Gasteiger partial charge < -0.3 is 5.73 Å². The van der Waals surface area contributed by atoms with Gasteiger partial charge in [-0.25, -0.2) is 4.98 Å². The van der Waals surface area contributed by atoms with Crippen molar-refractivity contribution in [2.75, 3.05) is 0 Å². The van der Waals surface area contributed by atoms with Crippen LogP contribution in [0.15, 0.2) is 18.5 Å². The number of primary amides is 1. The van der Waals surface area contributed by atoms with Gasteiger partial charge >= 0.3 is 12.7 Å². The first-order valence-corrected chi connectivity index (χ1v) is 4.87. The van der Waals surface area contributed by atoms with Crippen molar-refractivity contribution >= 4 is 16.9 Å². The summed E-state index contributed by atoms with van der Waals surface area (Å²) in [5, 5.41) is 0. The summed E-state index contributed by atoms with van der Waals surface area (Å²) in [5.74, 6) is -1.17. The van der Waals surface area contributed by atoms with Crippen molar-refractivity contribution in [3.63, 3.8) is 0 Å². The van der Waals surface area contributed by atoms with Crippen LogP contribution in [-0.4, -0.2) is 15.5 Å². The molecule has 0 unspecified atom stereocenters. The topological polar surface area (TPSA) is 60.9 Å². The fourth-order valence-corrected chi connectivity index (χ4v) is 1.64. The van der Waals surface area contributed by atoms with E-state index in [1.54, 1.807) is 0 Å². The Bertz CT molecular complexity index is 646. The molecule has 0 spiro atoms. The second kappa shape index (κ2) is 4.18. The Balaban J connectivity index is 2.83. The number of carbonyl (C=O) groups is 1. The number of carbonyl (C=O) groups excluding carboxylic acids is 1. The van der Waals surface area contributed by atoms with Crippen molar-refractivity contribution in [2.45, 2.75) is 12.7 Å². The van der Waals surface area contributed by atoms with Crippen LogP contribution in [0.5, 0.6) is 0 Å². The zero-order valence-electron chi connectivity index (χ0n) is 9.08. The van der Waals surface area contributed by atoms with Crippen LogP contribution in [0.2, 0.25) is 0 Å². The number of halogens is 5. The highest BCUT2D eigenvalue weighted by Crippen LogP contribution is 2.33. The minimum Gasteiger partial charge on any atom is -0.366 e. The van der Waals surface area contributed by atoms with E-state index in [2.05, 4.69) is 4.98 Å². The molecule has 1 amide bonds. The van der Waals surface area contributed by atoms with Gasteiger partial charge in [-0.2, -0.15) is 22.0 Å². The maximum absolute atomic E-state index is 12.6. The molecule has 0 saturated carbocycles. The van der Waals surface area contributed by atoms with Gasteiger partial charge in [0.1, 0.15) is 11.8 Å². The van der Waals surface area contributed by atoms with Crippen molar-refractivity contribution < 1.29 is 26.7 Å². The van der Waals surface area contributed by atoms with E-state index in [-0.39, 0.29) is 10.1 Å². The first kappa shape index (κ1) is 13.2. The smallest absolute Gasteiger partial charge is 0.366 e. The average Bonchev–Trinajstić information content (AvgIpc) is 2.69. The molecular weight excluding hydrogens is 273 g/mol. The quantitative estimate of drug-likeness (QED) is 0.859. The molecule has 0 bridgehead atoms. The number of rotatable bonds is 2. The highest BCUT2D eigenvalue weighted by Gasteiger charge is 2.33. The van der Waals surface area contributed by atoms with E-state index < -0.39 is 35.3 Å². The Morgan fingerprint density at radius 1 is 1.32 bits per heavy atom. The number of aromatic nitrogens is 2. The fourth-order valence-electron chi connectivity index (χ4n) is 1.64. The second-order valence-electron chi connectivity index (χ2n) is 3.68. The molecule has 1 aromatic carbocycles. The number of amides is 1. The molecule has 19 heavy (non-hydrogen) atoms. The molecule has 0 aliphatic rings. The van der Waals surface area contributed by atoms with Crippen LogP contribution in [0.3, 0.4) is 0 Å². The van der Waals surface area contributed by atoms with Crippen LogP contribution in [0.1, 0.15) is 22.5 Å². The molecule has 1 heterocycles. The molecule has 4 nitrogen and oxygen atoms in total. The van der Waals surface area contributed by atoms with Crippen LogP contribution in [0.4, 0.5) is 22.0 Å².